The Morgan fingerprint density at radius 2 is 0.538 bits per heavy atom. The molecule has 39 heavy (non-hydrogen) atoms. The van der Waals surface area contributed by atoms with Gasteiger partial charge in [0.05, 0.1) is 0 Å². The largest absolute Gasteiger partial charge is 0.293 e. The van der Waals surface area contributed by atoms with Crippen molar-refractivity contribution in [3.63, 3.8) is 0 Å². The van der Waals surface area contributed by atoms with Gasteiger partial charge in [-0.2, -0.15) is 0 Å². The molecule has 0 bridgehead atoms. The van der Waals surface area contributed by atoms with Crippen molar-refractivity contribution >= 4 is 0 Å². The Morgan fingerprint density at radius 1 is 0.308 bits per heavy atom. The predicted molar refractivity (Wildman–Crippen MR) is 181 cm³/mol. The van der Waals surface area contributed by atoms with Crippen molar-refractivity contribution in [3.05, 3.63) is 0 Å². The maximum absolute atomic E-state index is 2.95. The smallest absolute Gasteiger partial charge is 0.0158 e. The third-order valence-electron chi connectivity index (χ3n) is 9.48. The van der Waals surface area contributed by atoms with Crippen LogP contribution >= 0.6 is 0 Å². The molecular weight excluding hydrogens is 470 g/mol. The summed E-state index contributed by atoms with van der Waals surface area (Å²) in [5.74, 6) is 0. The molecule has 1 heteroatoms. The summed E-state index contributed by atoms with van der Waals surface area (Å²) in [7, 11) is 0. The first-order valence-electron chi connectivity index (χ1n) is 18.6. The fourth-order valence-electron chi connectivity index (χ4n) is 6.83. The number of rotatable bonds is 31. The van der Waals surface area contributed by atoms with E-state index in [2.05, 4.69) is 53.4 Å². The molecule has 236 valence electrons. The second-order valence-electron chi connectivity index (χ2n) is 14.4. The summed E-state index contributed by atoms with van der Waals surface area (Å²) >= 11 is 0. The van der Waals surface area contributed by atoms with E-state index in [9.17, 15) is 0 Å². The molecule has 0 amide bonds. The van der Waals surface area contributed by atoms with E-state index in [1.165, 1.54) is 186 Å². The van der Waals surface area contributed by atoms with Crippen LogP contribution in [-0.2, 0) is 0 Å². The maximum Gasteiger partial charge on any atom is 0.0158 e. The predicted octanol–water partition coefficient (Wildman–Crippen LogP) is 13.8. The van der Waals surface area contributed by atoms with Crippen LogP contribution in [0.4, 0.5) is 0 Å². The van der Waals surface area contributed by atoms with E-state index in [1.54, 1.807) is 0 Å². The lowest BCUT2D eigenvalue weighted by atomic mass is 9.85. The fourth-order valence-corrected chi connectivity index (χ4v) is 6.83. The molecule has 0 N–H and O–H groups in total. The summed E-state index contributed by atoms with van der Waals surface area (Å²) in [4.78, 5) is 2.95. The zero-order valence-corrected chi connectivity index (χ0v) is 29.0. The zero-order valence-electron chi connectivity index (χ0n) is 29.0. The number of nitrogens with zero attached hydrogens (tertiary/aromatic N) is 1. The van der Waals surface area contributed by atoms with Crippen LogP contribution in [0.1, 0.15) is 228 Å². The topological polar surface area (TPSA) is 3.24 Å². The Labute approximate surface area is 250 Å². The van der Waals surface area contributed by atoms with Crippen molar-refractivity contribution < 1.29 is 0 Å². The van der Waals surface area contributed by atoms with Gasteiger partial charge in [0.1, 0.15) is 0 Å². The molecule has 0 aromatic carbocycles. The Hall–Kier alpha value is -0.0400. The molecule has 1 nitrogen and oxygen atoms in total. The van der Waals surface area contributed by atoms with Gasteiger partial charge >= 0.3 is 0 Å². The maximum atomic E-state index is 2.95. The van der Waals surface area contributed by atoms with Crippen LogP contribution in [0.2, 0.25) is 0 Å². The molecule has 0 aromatic heterocycles. The molecule has 0 unspecified atom stereocenters. The van der Waals surface area contributed by atoms with E-state index in [-0.39, 0.29) is 0 Å². The molecule has 0 radical (unpaired) electrons. The monoisotopic (exact) mass is 550 g/mol. The molecule has 0 rings (SSSR count). The third-order valence-corrected chi connectivity index (χ3v) is 9.48. The van der Waals surface area contributed by atoms with E-state index in [1.807, 2.05) is 0 Å². The highest BCUT2D eigenvalue weighted by atomic mass is 15.2. The van der Waals surface area contributed by atoms with Gasteiger partial charge in [-0.1, -0.05) is 181 Å². The van der Waals surface area contributed by atoms with Crippen molar-refractivity contribution in [2.45, 2.75) is 239 Å². The second-order valence-corrected chi connectivity index (χ2v) is 14.4. The van der Waals surface area contributed by atoms with E-state index in [4.69, 9.17) is 0 Å². The fraction of sp³-hybridized carbons (Fsp3) is 1.00. The van der Waals surface area contributed by atoms with Crippen LogP contribution in [0.3, 0.4) is 0 Å². The average molecular weight is 550 g/mol. The Bertz CT molecular complexity index is 453. The van der Waals surface area contributed by atoms with Gasteiger partial charge in [-0.3, -0.25) is 4.90 Å². The van der Waals surface area contributed by atoms with E-state index < -0.39 is 0 Å². The van der Waals surface area contributed by atoms with Crippen LogP contribution in [0, 0.1) is 0 Å². The molecule has 0 saturated carbocycles. The molecule has 0 aromatic rings. The van der Waals surface area contributed by atoms with Crippen LogP contribution in [0.5, 0.6) is 0 Å². The molecule has 0 atom stereocenters. The van der Waals surface area contributed by atoms with Crippen molar-refractivity contribution in [3.8, 4) is 0 Å². The average Bonchev–Trinajstić information content (AvgIpc) is 2.90. The zero-order chi connectivity index (χ0) is 29.1. The van der Waals surface area contributed by atoms with Gasteiger partial charge in [-0.15, -0.1) is 0 Å². The summed E-state index contributed by atoms with van der Waals surface area (Å²) in [5, 5.41) is 0. The van der Waals surface area contributed by atoms with Crippen LogP contribution in [0.25, 0.3) is 0 Å². The molecule has 0 heterocycles. The standard InChI is InChI=1S/C38H79N/c1-8-11-14-17-18-19-20-21-22-23-24-25-26-27-30-33-36-39(37(4,5)34-31-28-15-12-9-2)38(6,7)35-32-29-16-13-10-3/h8-36H2,1-7H3. The summed E-state index contributed by atoms with van der Waals surface area (Å²) in [6.07, 6.45) is 40.0. The minimum Gasteiger partial charge on any atom is -0.293 e. The van der Waals surface area contributed by atoms with Gasteiger partial charge in [0.25, 0.3) is 0 Å². The number of unbranched alkanes of at least 4 members (excludes halogenated alkanes) is 23. The minimum absolute atomic E-state index is 0.314. The van der Waals surface area contributed by atoms with E-state index >= 15 is 0 Å². The summed E-state index contributed by atoms with van der Waals surface area (Å²) < 4.78 is 0. The lowest BCUT2D eigenvalue weighted by molar-refractivity contribution is 0.00152. The van der Waals surface area contributed by atoms with E-state index in [0.717, 1.165) is 0 Å². The third kappa shape index (κ3) is 23.2. The highest BCUT2D eigenvalue weighted by Crippen LogP contribution is 2.34. The van der Waals surface area contributed by atoms with Crippen molar-refractivity contribution in [1.29, 1.82) is 0 Å². The van der Waals surface area contributed by atoms with Crippen molar-refractivity contribution in [2.75, 3.05) is 6.54 Å². The minimum atomic E-state index is 0.314. The normalized spacial score (nSPS) is 12.6. The Balaban J connectivity index is 4.25. The van der Waals surface area contributed by atoms with Gasteiger partial charge in [0.2, 0.25) is 0 Å². The van der Waals surface area contributed by atoms with E-state index in [0.29, 0.717) is 11.1 Å². The number of hydrogen-bond donors (Lipinski definition) is 0. The molecule has 0 spiro atoms. The first kappa shape index (κ1) is 39.0. The van der Waals surface area contributed by atoms with Crippen LogP contribution in [0.15, 0.2) is 0 Å². The summed E-state index contributed by atoms with van der Waals surface area (Å²) in [6, 6.07) is 0. The van der Waals surface area contributed by atoms with Gasteiger partial charge in [-0.05, 0) is 53.5 Å². The Kier molecular flexibility index (Phi) is 26.8. The molecule has 0 saturated heterocycles. The van der Waals surface area contributed by atoms with Crippen molar-refractivity contribution in [1.82, 2.24) is 4.90 Å². The number of hydrogen-bond acceptors (Lipinski definition) is 1. The van der Waals surface area contributed by atoms with Gasteiger partial charge in [0.15, 0.2) is 0 Å². The lowest BCUT2D eigenvalue weighted by Crippen LogP contribution is -2.55. The molecule has 0 aliphatic heterocycles. The van der Waals surface area contributed by atoms with Gasteiger partial charge in [-0.25, -0.2) is 0 Å². The van der Waals surface area contributed by atoms with Crippen LogP contribution in [-0.4, -0.2) is 22.5 Å². The van der Waals surface area contributed by atoms with Crippen LogP contribution < -0.4 is 0 Å². The SMILES string of the molecule is CCCCCCCCCCCCCCCCCCN(C(C)(C)CCCCCCC)C(C)(C)CCCCCCC. The molecule has 0 aliphatic rings. The quantitative estimate of drug-likeness (QED) is 0.0777. The Morgan fingerprint density at radius 3 is 0.821 bits per heavy atom. The summed E-state index contributed by atoms with van der Waals surface area (Å²) in [6.45, 7) is 18.5. The van der Waals surface area contributed by atoms with Crippen molar-refractivity contribution in [2.24, 2.45) is 0 Å². The highest BCUT2D eigenvalue weighted by molar-refractivity contribution is 4.92. The second kappa shape index (κ2) is 26.8. The highest BCUT2D eigenvalue weighted by Gasteiger charge is 2.36. The van der Waals surface area contributed by atoms with Gasteiger partial charge in [0, 0.05) is 11.1 Å². The molecule has 0 aliphatic carbocycles. The first-order chi connectivity index (χ1) is 18.8. The first-order valence-corrected chi connectivity index (χ1v) is 18.6. The van der Waals surface area contributed by atoms with Gasteiger partial charge < -0.3 is 0 Å². The molecular formula is C38H79N. The molecule has 0 fully saturated rings. The lowest BCUT2D eigenvalue weighted by Gasteiger charge is -2.49. The summed E-state index contributed by atoms with van der Waals surface area (Å²) in [5.41, 5.74) is 0.628.